The summed E-state index contributed by atoms with van der Waals surface area (Å²) in [4.78, 5) is 5.20. The highest BCUT2D eigenvalue weighted by Crippen LogP contribution is 2.35. The van der Waals surface area contributed by atoms with E-state index in [1.165, 1.54) is 50.0 Å². The van der Waals surface area contributed by atoms with Crippen LogP contribution in [0.3, 0.4) is 0 Å². The molecule has 2 aromatic carbocycles. The van der Waals surface area contributed by atoms with Crippen LogP contribution in [0.15, 0.2) is 60.7 Å². The first kappa shape index (κ1) is 20.1. The molecule has 2 aromatic rings. The number of rotatable bonds is 6. The fraction of sp³-hybridized carbons (Fsp3) is 0.500. The summed E-state index contributed by atoms with van der Waals surface area (Å²) in [7, 11) is 0. The molecule has 152 valence electrons. The molecule has 3 nitrogen and oxygen atoms in total. The van der Waals surface area contributed by atoms with Gasteiger partial charge in [0.2, 0.25) is 0 Å². The Kier molecular flexibility index (Phi) is 6.64. The lowest BCUT2D eigenvalue weighted by molar-refractivity contribution is 0.141. The lowest BCUT2D eigenvalue weighted by Crippen LogP contribution is -2.43. The van der Waals surface area contributed by atoms with Gasteiger partial charge in [-0.3, -0.25) is 4.90 Å². The second-order valence-corrected chi connectivity index (χ2v) is 8.90. The smallest absolute Gasteiger partial charge is 0.0846 e. The lowest BCUT2D eigenvalue weighted by Gasteiger charge is -2.39. The van der Waals surface area contributed by atoms with E-state index < -0.39 is 0 Å². The van der Waals surface area contributed by atoms with Crippen LogP contribution in [-0.2, 0) is 12.0 Å². The molecule has 0 amide bonds. The maximum Gasteiger partial charge on any atom is 0.0846 e. The van der Waals surface area contributed by atoms with Crippen molar-refractivity contribution in [3.8, 4) is 6.07 Å². The third-order valence-corrected chi connectivity index (χ3v) is 7.06. The molecule has 2 aliphatic heterocycles. The Balaban J connectivity index is 1.19. The zero-order chi connectivity index (χ0) is 19.9. The molecule has 0 aliphatic carbocycles. The van der Waals surface area contributed by atoms with E-state index >= 15 is 0 Å². The molecule has 0 spiro atoms. The van der Waals surface area contributed by atoms with E-state index in [-0.39, 0.29) is 5.41 Å². The molecule has 0 atom stereocenters. The van der Waals surface area contributed by atoms with Crippen molar-refractivity contribution < 1.29 is 0 Å². The summed E-state index contributed by atoms with van der Waals surface area (Å²) in [6.07, 6.45) is 5.88. The van der Waals surface area contributed by atoms with Gasteiger partial charge in [-0.1, -0.05) is 60.7 Å². The highest BCUT2D eigenvalue weighted by molar-refractivity contribution is 5.33. The van der Waals surface area contributed by atoms with Crippen molar-refractivity contribution in [3.63, 3.8) is 0 Å². The van der Waals surface area contributed by atoms with Gasteiger partial charge in [0.1, 0.15) is 0 Å². The molecule has 0 radical (unpaired) electrons. The van der Waals surface area contributed by atoms with Crippen molar-refractivity contribution >= 4 is 0 Å². The Morgan fingerprint density at radius 2 is 1.45 bits per heavy atom. The van der Waals surface area contributed by atoms with Crippen LogP contribution in [0.2, 0.25) is 0 Å². The van der Waals surface area contributed by atoms with Crippen LogP contribution in [0.4, 0.5) is 0 Å². The molecular formula is C26H33N3. The number of piperidine rings is 2. The Labute approximate surface area is 175 Å². The number of hydrogen-bond acceptors (Lipinski definition) is 3. The highest BCUT2D eigenvalue weighted by Gasteiger charge is 2.36. The van der Waals surface area contributed by atoms with Gasteiger partial charge in [0.15, 0.2) is 0 Å². The summed E-state index contributed by atoms with van der Waals surface area (Å²) in [6.45, 7) is 6.84. The predicted octanol–water partition coefficient (Wildman–Crippen LogP) is 4.85. The van der Waals surface area contributed by atoms with E-state index in [1.807, 2.05) is 6.07 Å². The van der Waals surface area contributed by atoms with Crippen molar-refractivity contribution in [2.75, 3.05) is 32.7 Å². The Hall–Kier alpha value is -2.15. The fourth-order valence-corrected chi connectivity index (χ4v) is 5.02. The van der Waals surface area contributed by atoms with Crippen LogP contribution in [0.25, 0.3) is 0 Å². The molecule has 29 heavy (non-hydrogen) atoms. The zero-order valence-electron chi connectivity index (χ0n) is 17.5. The standard InChI is InChI=1S/C26H33N3/c27-22-26(25-9-5-2-6-10-25)14-19-28(20-15-26)16-11-23-12-17-29(18-13-23)21-24-7-3-1-4-8-24/h1-10,23H,11-21H2. The average Bonchev–Trinajstić information content (AvgIpc) is 2.80. The summed E-state index contributed by atoms with van der Waals surface area (Å²) in [5.41, 5.74) is 2.35. The van der Waals surface area contributed by atoms with Gasteiger partial charge in [0.05, 0.1) is 11.5 Å². The number of likely N-dealkylation sites (tertiary alicyclic amines) is 2. The lowest BCUT2D eigenvalue weighted by atomic mass is 9.74. The van der Waals surface area contributed by atoms with Crippen LogP contribution in [0, 0.1) is 17.2 Å². The maximum absolute atomic E-state index is 9.87. The first-order valence-corrected chi connectivity index (χ1v) is 11.2. The molecule has 4 rings (SSSR count). The third-order valence-electron chi connectivity index (χ3n) is 7.06. The van der Waals surface area contributed by atoms with E-state index in [4.69, 9.17) is 0 Å². The van der Waals surface area contributed by atoms with Crippen LogP contribution in [0.5, 0.6) is 0 Å². The van der Waals surface area contributed by atoms with Gasteiger partial charge < -0.3 is 4.90 Å². The van der Waals surface area contributed by atoms with E-state index in [0.717, 1.165) is 38.4 Å². The molecule has 2 fully saturated rings. The largest absolute Gasteiger partial charge is 0.303 e. The van der Waals surface area contributed by atoms with Crippen molar-refractivity contribution in [1.82, 2.24) is 9.80 Å². The Morgan fingerprint density at radius 1 is 0.828 bits per heavy atom. The molecule has 2 heterocycles. The zero-order valence-corrected chi connectivity index (χ0v) is 17.5. The molecule has 0 unspecified atom stereocenters. The minimum absolute atomic E-state index is 0.277. The molecular weight excluding hydrogens is 354 g/mol. The molecule has 0 saturated carbocycles. The van der Waals surface area contributed by atoms with Crippen molar-refractivity contribution in [1.29, 1.82) is 5.26 Å². The SMILES string of the molecule is N#CC1(c2ccccc2)CCN(CCC2CCN(Cc3ccccc3)CC2)CC1. The minimum atomic E-state index is -0.277. The molecule has 0 aromatic heterocycles. The molecule has 0 bridgehead atoms. The van der Waals surface area contributed by atoms with Crippen molar-refractivity contribution in [3.05, 3.63) is 71.8 Å². The first-order valence-electron chi connectivity index (χ1n) is 11.2. The normalized spacial score (nSPS) is 20.9. The van der Waals surface area contributed by atoms with Crippen LogP contribution >= 0.6 is 0 Å². The summed E-state index contributed by atoms with van der Waals surface area (Å²) < 4.78 is 0. The highest BCUT2D eigenvalue weighted by atomic mass is 15.1. The second-order valence-electron chi connectivity index (χ2n) is 8.90. The maximum atomic E-state index is 9.87. The van der Waals surface area contributed by atoms with Crippen LogP contribution < -0.4 is 0 Å². The summed E-state index contributed by atoms with van der Waals surface area (Å²) in [6, 6.07) is 23.9. The second kappa shape index (κ2) is 9.57. The van der Waals surface area contributed by atoms with Gasteiger partial charge in [0, 0.05) is 6.54 Å². The quantitative estimate of drug-likeness (QED) is 0.710. The molecule has 2 saturated heterocycles. The predicted molar refractivity (Wildman–Crippen MR) is 118 cm³/mol. The summed E-state index contributed by atoms with van der Waals surface area (Å²) in [5, 5.41) is 9.87. The molecule has 3 heteroatoms. The Bertz CT molecular complexity index is 780. The topological polar surface area (TPSA) is 30.3 Å². The van der Waals surface area contributed by atoms with Gasteiger partial charge in [-0.15, -0.1) is 0 Å². The minimum Gasteiger partial charge on any atom is -0.303 e. The third kappa shape index (κ3) is 5.07. The van der Waals surface area contributed by atoms with Gasteiger partial charge in [-0.05, 0) is 81.9 Å². The van der Waals surface area contributed by atoms with Gasteiger partial charge in [-0.2, -0.15) is 5.26 Å². The monoisotopic (exact) mass is 387 g/mol. The number of nitrogens with zero attached hydrogens (tertiary/aromatic N) is 3. The van der Waals surface area contributed by atoms with E-state index in [0.29, 0.717) is 0 Å². The van der Waals surface area contributed by atoms with Crippen molar-refractivity contribution in [2.24, 2.45) is 5.92 Å². The van der Waals surface area contributed by atoms with Gasteiger partial charge in [0.25, 0.3) is 0 Å². The fourth-order valence-electron chi connectivity index (χ4n) is 5.02. The van der Waals surface area contributed by atoms with Crippen molar-refractivity contribution in [2.45, 2.75) is 44.1 Å². The van der Waals surface area contributed by atoms with Crippen LogP contribution in [0.1, 0.15) is 43.2 Å². The van der Waals surface area contributed by atoms with E-state index in [2.05, 4.69) is 70.5 Å². The molecule has 2 aliphatic rings. The summed E-state index contributed by atoms with van der Waals surface area (Å²) in [5.74, 6) is 0.860. The number of hydrogen-bond donors (Lipinski definition) is 0. The van der Waals surface area contributed by atoms with Gasteiger partial charge >= 0.3 is 0 Å². The average molecular weight is 388 g/mol. The van der Waals surface area contributed by atoms with Crippen LogP contribution in [-0.4, -0.2) is 42.5 Å². The Morgan fingerprint density at radius 3 is 2.07 bits per heavy atom. The van der Waals surface area contributed by atoms with Gasteiger partial charge in [-0.25, -0.2) is 0 Å². The first-order chi connectivity index (χ1) is 14.3. The number of benzene rings is 2. The molecule has 0 N–H and O–H groups in total. The number of nitriles is 1. The van der Waals surface area contributed by atoms with E-state index in [9.17, 15) is 5.26 Å². The summed E-state index contributed by atoms with van der Waals surface area (Å²) >= 11 is 0. The van der Waals surface area contributed by atoms with E-state index in [1.54, 1.807) is 0 Å².